The predicted octanol–water partition coefficient (Wildman–Crippen LogP) is 4.18. The van der Waals surface area contributed by atoms with E-state index in [-0.39, 0.29) is 18.0 Å². The maximum absolute atomic E-state index is 14.1. The van der Waals surface area contributed by atoms with Crippen molar-refractivity contribution in [3.8, 4) is 11.3 Å². The van der Waals surface area contributed by atoms with Gasteiger partial charge in [-0.1, -0.05) is 67.1 Å². The van der Waals surface area contributed by atoms with E-state index in [2.05, 4.69) is 17.4 Å². The molecule has 1 saturated carbocycles. The normalized spacial score (nSPS) is 24.0. The minimum Gasteiger partial charge on any atom is -0.441 e. The Morgan fingerprint density at radius 2 is 1.84 bits per heavy atom. The van der Waals surface area contributed by atoms with E-state index in [9.17, 15) is 9.59 Å². The van der Waals surface area contributed by atoms with Gasteiger partial charge in [-0.15, -0.1) is 0 Å². The first-order chi connectivity index (χ1) is 18.0. The number of nitrogens with two attached hydrogens (primary N) is 1. The number of nitrogens with zero attached hydrogens (tertiary/aromatic N) is 3. The van der Waals surface area contributed by atoms with Gasteiger partial charge in [-0.2, -0.15) is 0 Å². The second-order valence-electron chi connectivity index (χ2n) is 10.3. The highest BCUT2D eigenvalue weighted by molar-refractivity contribution is 5.98. The van der Waals surface area contributed by atoms with Crippen LogP contribution in [-0.4, -0.2) is 57.7 Å². The molecule has 194 valence electrons. The summed E-state index contributed by atoms with van der Waals surface area (Å²) in [6, 6.07) is 20.0. The van der Waals surface area contributed by atoms with E-state index in [0.717, 1.165) is 50.0 Å². The number of imidazole rings is 1. The summed E-state index contributed by atoms with van der Waals surface area (Å²) >= 11 is 0. The summed E-state index contributed by atoms with van der Waals surface area (Å²) < 4.78 is 7.73. The Morgan fingerprint density at radius 1 is 1.11 bits per heavy atom. The molecular formula is C29H35N5O3. The maximum atomic E-state index is 14.1. The van der Waals surface area contributed by atoms with E-state index in [1.54, 1.807) is 6.33 Å². The van der Waals surface area contributed by atoms with E-state index >= 15 is 0 Å². The summed E-state index contributed by atoms with van der Waals surface area (Å²) in [5, 5.41) is 3.44. The van der Waals surface area contributed by atoms with Gasteiger partial charge in [0, 0.05) is 31.2 Å². The molecule has 1 aliphatic heterocycles. The second-order valence-corrected chi connectivity index (χ2v) is 10.3. The number of hydrogen-bond donors (Lipinski definition) is 2. The van der Waals surface area contributed by atoms with Crippen LogP contribution in [0, 0.1) is 0 Å². The number of amides is 2. The summed E-state index contributed by atoms with van der Waals surface area (Å²) in [7, 11) is 0. The van der Waals surface area contributed by atoms with Crippen LogP contribution in [0.1, 0.15) is 54.7 Å². The van der Waals surface area contributed by atoms with Crippen molar-refractivity contribution in [1.29, 1.82) is 0 Å². The highest BCUT2D eigenvalue weighted by Gasteiger charge is 2.43. The molecule has 3 atom stereocenters. The molecule has 3 aromatic rings. The molecule has 3 N–H and O–H groups in total. The molecule has 2 heterocycles. The number of primary amides is 1. The number of nitrogens with one attached hydrogen (secondary N) is 1. The standard InChI is InChI=1S/C29H35N5O3/c1-29(37-28(30)36)15-9-8-14-24(29)34-20-32-25(26(34)22-12-6-3-7-13-22)27(35)33-17-16-31-19-23(33)18-21-10-4-2-5-11-21/h2-7,10-13,20,23-24,31H,8-9,14-19H2,1H3,(H2,30,36)/t23-,24+,29+/m1/s1. The van der Waals surface area contributed by atoms with Gasteiger partial charge in [0.1, 0.15) is 5.60 Å². The van der Waals surface area contributed by atoms with Crippen molar-refractivity contribution in [2.75, 3.05) is 19.6 Å². The summed E-state index contributed by atoms with van der Waals surface area (Å²) in [5.74, 6) is -0.0756. The molecule has 0 unspecified atom stereocenters. The zero-order valence-corrected chi connectivity index (χ0v) is 21.3. The van der Waals surface area contributed by atoms with Crippen LogP contribution in [-0.2, 0) is 11.2 Å². The largest absolute Gasteiger partial charge is 0.441 e. The van der Waals surface area contributed by atoms with Crippen molar-refractivity contribution >= 4 is 12.0 Å². The highest BCUT2D eigenvalue weighted by atomic mass is 16.6. The van der Waals surface area contributed by atoms with Crippen molar-refractivity contribution in [2.24, 2.45) is 5.73 Å². The summed E-state index contributed by atoms with van der Waals surface area (Å²) in [4.78, 5) is 32.6. The Hall–Kier alpha value is -3.65. The molecule has 2 amide bonds. The fourth-order valence-electron chi connectivity index (χ4n) is 5.94. The number of carbonyl (C=O) groups excluding carboxylic acids is 2. The molecule has 1 aliphatic carbocycles. The lowest BCUT2D eigenvalue weighted by atomic mass is 9.81. The van der Waals surface area contributed by atoms with E-state index < -0.39 is 11.7 Å². The summed E-state index contributed by atoms with van der Waals surface area (Å²) in [5.41, 5.74) is 7.99. The monoisotopic (exact) mass is 501 g/mol. The van der Waals surface area contributed by atoms with Crippen LogP contribution >= 0.6 is 0 Å². The SMILES string of the molecule is C[C@]1(OC(N)=O)CCCC[C@@H]1n1cnc(C(=O)N2CCNC[C@H]2Cc2ccccc2)c1-c1ccccc1. The topological polar surface area (TPSA) is 102 Å². The maximum Gasteiger partial charge on any atom is 0.405 e. The predicted molar refractivity (Wildman–Crippen MR) is 142 cm³/mol. The van der Waals surface area contributed by atoms with Crippen molar-refractivity contribution < 1.29 is 14.3 Å². The summed E-state index contributed by atoms with van der Waals surface area (Å²) in [6.45, 7) is 4.02. The van der Waals surface area contributed by atoms with Crippen molar-refractivity contribution in [1.82, 2.24) is 19.8 Å². The van der Waals surface area contributed by atoms with Crippen LogP contribution in [0.5, 0.6) is 0 Å². The van der Waals surface area contributed by atoms with Gasteiger partial charge in [0.05, 0.1) is 18.1 Å². The van der Waals surface area contributed by atoms with Crippen molar-refractivity contribution in [2.45, 2.75) is 56.7 Å². The van der Waals surface area contributed by atoms with Crippen LogP contribution in [0.25, 0.3) is 11.3 Å². The van der Waals surface area contributed by atoms with E-state index in [0.29, 0.717) is 18.7 Å². The molecule has 5 rings (SSSR count). The third-order valence-corrected chi connectivity index (χ3v) is 7.74. The average molecular weight is 502 g/mol. The Labute approximate surface area is 217 Å². The van der Waals surface area contributed by atoms with Gasteiger partial charge in [0.2, 0.25) is 0 Å². The first kappa shape index (κ1) is 25.0. The molecule has 0 spiro atoms. The average Bonchev–Trinajstić information content (AvgIpc) is 3.34. The van der Waals surface area contributed by atoms with E-state index in [1.165, 1.54) is 5.56 Å². The smallest absolute Gasteiger partial charge is 0.405 e. The zero-order chi connectivity index (χ0) is 25.8. The zero-order valence-electron chi connectivity index (χ0n) is 21.3. The Bertz CT molecular complexity index is 1230. The van der Waals surface area contributed by atoms with Gasteiger partial charge in [0.25, 0.3) is 5.91 Å². The van der Waals surface area contributed by atoms with Gasteiger partial charge < -0.3 is 25.3 Å². The fraction of sp³-hybridized carbons (Fsp3) is 0.414. The fourth-order valence-corrected chi connectivity index (χ4v) is 5.94. The Balaban J connectivity index is 1.54. The Morgan fingerprint density at radius 3 is 2.57 bits per heavy atom. The first-order valence-electron chi connectivity index (χ1n) is 13.1. The number of rotatable bonds is 6. The molecule has 1 saturated heterocycles. The van der Waals surface area contributed by atoms with Crippen LogP contribution in [0.15, 0.2) is 67.0 Å². The molecular weight excluding hydrogens is 466 g/mol. The molecule has 2 aliphatic rings. The molecule has 2 aromatic carbocycles. The first-order valence-corrected chi connectivity index (χ1v) is 13.1. The van der Waals surface area contributed by atoms with Crippen LogP contribution in [0.2, 0.25) is 0 Å². The molecule has 1 aromatic heterocycles. The minimum absolute atomic E-state index is 0.0237. The van der Waals surface area contributed by atoms with E-state index in [1.807, 2.05) is 64.9 Å². The molecule has 0 bridgehead atoms. The number of benzene rings is 2. The van der Waals surface area contributed by atoms with Gasteiger partial charge in [0.15, 0.2) is 5.69 Å². The molecule has 2 fully saturated rings. The van der Waals surface area contributed by atoms with Gasteiger partial charge >= 0.3 is 6.09 Å². The van der Waals surface area contributed by atoms with Crippen LogP contribution in [0.3, 0.4) is 0 Å². The lowest BCUT2D eigenvalue weighted by Gasteiger charge is -2.41. The molecule has 8 nitrogen and oxygen atoms in total. The van der Waals surface area contributed by atoms with Gasteiger partial charge in [-0.3, -0.25) is 4.79 Å². The highest BCUT2D eigenvalue weighted by Crippen LogP contribution is 2.43. The number of hydrogen-bond acceptors (Lipinski definition) is 5. The third-order valence-electron chi connectivity index (χ3n) is 7.74. The number of carbonyl (C=O) groups is 2. The molecule has 0 radical (unpaired) electrons. The lowest BCUT2D eigenvalue weighted by molar-refractivity contribution is -0.0354. The van der Waals surface area contributed by atoms with Crippen molar-refractivity contribution in [3.63, 3.8) is 0 Å². The van der Waals surface area contributed by atoms with E-state index in [4.69, 9.17) is 15.5 Å². The number of aromatic nitrogens is 2. The van der Waals surface area contributed by atoms with Crippen LogP contribution in [0.4, 0.5) is 4.79 Å². The molecule has 8 heteroatoms. The van der Waals surface area contributed by atoms with Gasteiger partial charge in [-0.05, 0) is 38.2 Å². The van der Waals surface area contributed by atoms with Gasteiger partial charge in [-0.25, -0.2) is 9.78 Å². The summed E-state index contributed by atoms with van der Waals surface area (Å²) in [6.07, 6.45) is 5.18. The van der Waals surface area contributed by atoms with Crippen molar-refractivity contribution in [3.05, 3.63) is 78.2 Å². The van der Waals surface area contributed by atoms with Crippen LogP contribution < -0.4 is 11.1 Å². The number of piperazine rings is 1. The second kappa shape index (κ2) is 10.8. The molecule has 37 heavy (non-hydrogen) atoms. The third kappa shape index (κ3) is 5.25. The Kier molecular flexibility index (Phi) is 7.28. The minimum atomic E-state index is -0.781. The number of ether oxygens (including phenoxy) is 1. The lowest BCUT2D eigenvalue weighted by Crippen LogP contribution is -2.54. The quantitative estimate of drug-likeness (QED) is 0.528.